The second kappa shape index (κ2) is 5.81. The monoisotopic (exact) mass is 318 g/mol. The number of aromatic nitrogens is 3. The van der Waals surface area contributed by atoms with Gasteiger partial charge in [-0.25, -0.2) is 4.68 Å². The highest BCUT2D eigenvalue weighted by atomic mass is 32.1. The van der Waals surface area contributed by atoms with Crippen molar-refractivity contribution in [3.05, 3.63) is 34.3 Å². The molecule has 0 radical (unpaired) electrons. The van der Waals surface area contributed by atoms with E-state index >= 15 is 0 Å². The first-order chi connectivity index (χ1) is 10.8. The summed E-state index contributed by atoms with van der Waals surface area (Å²) in [5.74, 6) is 0.873. The molecule has 22 heavy (non-hydrogen) atoms. The molecule has 3 heterocycles. The topological polar surface area (TPSA) is 60.2 Å². The van der Waals surface area contributed by atoms with Crippen molar-refractivity contribution in [3.8, 4) is 0 Å². The fourth-order valence-corrected chi connectivity index (χ4v) is 3.21. The number of ether oxygens (including phenoxy) is 1. The summed E-state index contributed by atoms with van der Waals surface area (Å²) in [4.78, 5) is 14.8. The molecule has 2 aromatic heterocycles. The number of carbonyl (C=O) groups excluding carboxylic acids is 1. The number of hydrogen-bond donors (Lipinski definition) is 0. The first kappa shape index (κ1) is 13.9. The third-order valence-electron chi connectivity index (χ3n) is 4.11. The van der Waals surface area contributed by atoms with Crippen LogP contribution in [0.4, 0.5) is 0 Å². The van der Waals surface area contributed by atoms with Crippen LogP contribution in [0.25, 0.3) is 0 Å². The molecular formula is C15H18N4O2S. The van der Waals surface area contributed by atoms with Gasteiger partial charge in [0.1, 0.15) is 5.69 Å². The average Bonchev–Trinajstić information content (AvgIpc) is 2.97. The fraction of sp³-hybridized carbons (Fsp3) is 0.533. The second-order valence-electron chi connectivity index (χ2n) is 5.99. The van der Waals surface area contributed by atoms with Gasteiger partial charge in [-0.05, 0) is 30.2 Å². The van der Waals surface area contributed by atoms with E-state index in [0.29, 0.717) is 19.7 Å². The van der Waals surface area contributed by atoms with Crippen LogP contribution in [-0.2, 0) is 11.3 Å². The normalized spacial score (nSPS) is 18.5. The lowest BCUT2D eigenvalue weighted by Gasteiger charge is -2.38. The van der Waals surface area contributed by atoms with Crippen LogP contribution in [-0.4, -0.2) is 45.5 Å². The van der Waals surface area contributed by atoms with Crippen molar-refractivity contribution in [1.29, 1.82) is 0 Å². The highest BCUT2D eigenvalue weighted by molar-refractivity contribution is 7.12. The number of amides is 1. The second-order valence-corrected chi connectivity index (χ2v) is 6.94. The van der Waals surface area contributed by atoms with E-state index in [-0.39, 0.29) is 11.9 Å². The summed E-state index contributed by atoms with van der Waals surface area (Å²) in [6.45, 7) is 2.76. The Morgan fingerprint density at radius 3 is 3.00 bits per heavy atom. The molecule has 0 bridgehead atoms. The molecule has 1 aliphatic carbocycles. The van der Waals surface area contributed by atoms with Crippen LogP contribution >= 0.6 is 11.3 Å². The lowest BCUT2D eigenvalue weighted by atomic mass is 10.1. The third-order valence-corrected chi connectivity index (χ3v) is 4.97. The van der Waals surface area contributed by atoms with Crippen LogP contribution < -0.4 is 0 Å². The van der Waals surface area contributed by atoms with E-state index in [1.165, 1.54) is 24.2 Å². The molecule has 0 unspecified atom stereocenters. The third kappa shape index (κ3) is 2.91. The summed E-state index contributed by atoms with van der Waals surface area (Å²) < 4.78 is 7.47. The maximum absolute atomic E-state index is 12.2. The van der Waals surface area contributed by atoms with Crippen molar-refractivity contribution in [2.24, 2.45) is 5.92 Å². The molecule has 0 atom stereocenters. The lowest BCUT2D eigenvalue weighted by molar-refractivity contribution is 0.0503. The summed E-state index contributed by atoms with van der Waals surface area (Å²) in [5.41, 5.74) is 0.865. The van der Waals surface area contributed by atoms with E-state index in [1.54, 1.807) is 0 Å². The number of nitrogens with zero attached hydrogens (tertiary/aromatic N) is 4. The summed E-state index contributed by atoms with van der Waals surface area (Å²) in [7, 11) is 0. The van der Waals surface area contributed by atoms with Crippen LogP contribution in [0.1, 0.15) is 34.2 Å². The van der Waals surface area contributed by atoms with E-state index in [2.05, 4.69) is 10.3 Å². The van der Waals surface area contributed by atoms with E-state index in [4.69, 9.17) is 4.74 Å². The van der Waals surface area contributed by atoms with E-state index < -0.39 is 0 Å². The minimum atomic E-state index is 0.111. The molecule has 1 saturated carbocycles. The Labute approximate surface area is 132 Å². The predicted octanol–water partition coefficient (Wildman–Crippen LogP) is 1.96. The van der Waals surface area contributed by atoms with Gasteiger partial charge in [-0.3, -0.25) is 4.79 Å². The molecule has 1 aliphatic heterocycles. The van der Waals surface area contributed by atoms with E-state index in [0.717, 1.165) is 23.1 Å². The Morgan fingerprint density at radius 2 is 2.27 bits per heavy atom. The molecule has 1 amide bonds. The standard InChI is InChI=1S/C15H18N4O2S/c20-15(14-2-1-5-22-14)18-7-13(8-18)19-6-12(16-17-19)10-21-9-11-3-4-11/h1-2,5-6,11,13H,3-4,7-10H2. The minimum Gasteiger partial charge on any atom is -0.375 e. The SMILES string of the molecule is O=C(c1cccs1)N1CC(n2cc(COCC3CC3)nn2)C1. The molecular weight excluding hydrogens is 300 g/mol. The van der Waals surface area contributed by atoms with Crippen LogP contribution in [0.15, 0.2) is 23.7 Å². The van der Waals surface area contributed by atoms with Gasteiger partial charge in [0.2, 0.25) is 0 Å². The first-order valence-corrected chi connectivity index (χ1v) is 8.49. The van der Waals surface area contributed by atoms with E-state index in [1.807, 2.05) is 33.3 Å². The van der Waals surface area contributed by atoms with Crippen molar-refractivity contribution in [2.75, 3.05) is 19.7 Å². The van der Waals surface area contributed by atoms with Crippen LogP contribution in [0, 0.1) is 5.92 Å². The molecule has 6 nitrogen and oxygen atoms in total. The molecule has 0 spiro atoms. The average molecular weight is 318 g/mol. The number of carbonyl (C=O) groups is 1. The van der Waals surface area contributed by atoms with Gasteiger partial charge in [-0.15, -0.1) is 16.4 Å². The summed E-state index contributed by atoms with van der Waals surface area (Å²) in [6.07, 6.45) is 4.52. The summed E-state index contributed by atoms with van der Waals surface area (Å²) in [6, 6.07) is 4.00. The quantitative estimate of drug-likeness (QED) is 0.817. The molecule has 7 heteroatoms. The zero-order valence-corrected chi connectivity index (χ0v) is 13.0. The maximum Gasteiger partial charge on any atom is 0.264 e. The largest absolute Gasteiger partial charge is 0.375 e. The lowest BCUT2D eigenvalue weighted by Crippen LogP contribution is -2.50. The first-order valence-electron chi connectivity index (χ1n) is 7.61. The Bertz CT molecular complexity index is 644. The Hall–Kier alpha value is -1.73. The van der Waals surface area contributed by atoms with Gasteiger partial charge < -0.3 is 9.64 Å². The van der Waals surface area contributed by atoms with Crippen molar-refractivity contribution in [3.63, 3.8) is 0 Å². The Kier molecular flexibility index (Phi) is 3.67. The van der Waals surface area contributed by atoms with Gasteiger partial charge in [-0.1, -0.05) is 11.3 Å². The maximum atomic E-state index is 12.2. The van der Waals surface area contributed by atoms with Crippen molar-refractivity contribution < 1.29 is 9.53 Å². The number of likely N-dealkylation sites (tertiary alicyclic amines) is 1. The Morgan fingerprint density at radius 1 is 1.41 bits per heavy atom. The fourth-order valence-electron chi connectivity index (χ4n) is 2.52. The van der Waals surface area contributed by atoms with Gasteiger partial charge in [0.05, 0.1) is 23.7 Å². The predicted molar refractivity (Wildman–Crippen MR) is 81.7 cm³/mol. The molecule has 0 aromatic carbocycles. The van der Waals surface area contributed by atoms with Crippen LogP contribution in [0.2, 0.25) is 0 Å². The zero-order valence-electron chi connectivity index (χ0n) is 12.2. The van der Waals surface area contributed by atoms with Crippen molar-refractivity contribution in [2.45, 2.75) is 25.5 Å². The highest BCUT2D eigenvalue weighted by Crippen LogP contribution is 2.29. The van der Waals surface area contributed by atoms with Gasteiger partial charge in [-0.2, -0.15) is 0 Å². The summed E-state index contributed by atoms with van der Waals surface area (Å²) >= 11 is 1.48. The number of hydrogen-bond acceptors (Lipinski definition) is 5. The van der Waals surface area contributed by atoms with Gasteiger partial charge in [0.25, 0.3) is 5.91 Å². The van der Waals surface area contributed by atoms with Gasteiger partial charge in [0.15, 0.2) is 0 Å². The summed E-state index contributed by atoms with van der Waals surface area (Å²) in [5, 5.41) is 10.2. The van der Waals surface area contributed by atoms with Gasteiger partial charge in [0, 0.05) is 19.7 Å². The Balaban J connectivity index is 1.27. The van der Waals surface area contributed by atoms with Gasteiger partial charge >= 0.3 is 0 Å². The minimum absolute atomic E-state index is 0.111. The molecule has 116 valence electrons. The molecule has 4 rings (SSSR count). The smallest absolute Gasteiger partial charge is 0.264 e. The molecule has 2 aliphatic rings. The van der Waals surface area contributed by atoms with Crippen LogP contribution in [0.3, 0.4) is 0 Å². The van der Waals surface area contributed by atoms with Crippen molar-refractivity contribution in [1.82, 2.24) is 19.9 Å². The molecule has 2 fully saturated rings. The zero-order chi connectivity index (χ0) is 14.9. The van der Waals surface area contributed by atoms with Crippen molar-refractivity contribution >= 4 is 17.2 Å². The molecule has 2 aromatic rings. The molecule has 1 saturated heterocycles. The van der Waals surface area contributed by atoms with Crippen LogP contribution in [0.5, 0.6) is 0 Å². The molecule has 0 N–H and O–H groups in total. The highest BCUT2D eigenvalue weighted by Gasteiger charge is 2.33. The number of rotatable bonds is 6. The van der Waals surface area contributed by atoms with E-state index in [9.17, 15) is 4.79 Å². The number of thiophene rings is 1.